The first-order valence-corrected chi connectivity index (χ1v) is 18.1. The molecule has 2 aromatic heterocycles. The van der Waals surface area contributed by atoms with Crippen LogP contribution in [0.3, 0.4) is 0 Å². The molecule has 4 aromatic carbocycles. The van der Waals surface area contributed by atoms with Crippen LogP contribution in [0.2, 0.25) is 0 Å². The molecule has 0 saturated heterocycles. The smallest absolute Gasteiger partial charge is 0.373 e. The van der Waals surface area contributed by atoms with Crippen LogP contribution in [-0.2, 0) is 28.9 Å². The molecule has 2 amide bonds. The third-order valence-electron chi connectivity index (χ3n) is 10.00. The average molecular weight is 751 g/mol. The Balaban J connectivity index is 0.00000155. The topological polar surface area (TPSA) is 158 Å². The van der Waals surface area contributed by atoms with Crippen LogP contribution >= 0.6 is 0 Å². The van der Waals surface area contributed by atoms with Gasteiger partial charge in [-0.25, -0.2) is 9.36 Å². The van der Waals surface area contributed by atoms with Crippen LogP contribution < -0.4 is 14.5 Å². The third-order valence-corrected chi connectivity index (χ3v) is 10.00. The van der Waals surface area contributed by atoms with Crippen LogP contribution in [0, 0.1) is 19.1 Å². The number of ether oxygens (including phenoxy) is 1. The summed E-state index contributed by atoms with van der Waals surface area (Å²) in [7, 11) is 1.62. The van der Waals surface area contributed by atoms with Gasteiger partial charge in [-0.05, 0) is 106 Å². The van der Waals surface area contributed by atoms with Crippen molar-refractivity contribution in [2.75, 3.05) is 30.0 Å². The van der Waals surface area contributed by atoms with Crippen molar-refractivity contribution in [1.82, 2.24) is 19.6 Å². The molecule has 6 aromatic rings. The Morgan fingerprint density at radius 2 is 1.20 bits per heavy atom. The van der Waals surface area contributed by atoms with Crippen molar-refractivity contribution >= 4 is 40.7 Å². The van der Waals surface area contributed by atoms with Gasteiger partial charge in [-0.3, -0.25) is 9.59 Å². The summed E-state index contributed by atoms with van der Waals surface area (Å²) in [6.07, 6.45) is 2.33. The van der Waals surface area contributed by atoms with Gasteiger partial charge in [-0.1, -0.05) is 29.5 Å². The number of fused-ring (bicyclic) bond motifs is 2. The van der Waals surface area contributed by atoms with Crippen LogP contribution in [0.25, 0.3) is 11.4 Å². The molecule has 0 aliphatic carbocycles. The molecular formula is C42H38N8O6. The zero-order chi connectivity index (χ0) is 39.5. The molecule has 0 N–H and O–H groups in total. The number of aryl methyl sites for hydroxylation is 3. The van der Waals surface area contributed by atoms with Gasteiger partial charge >= 0.3 is 6.15 Å². The second-order valence-corrected chi connectivity index (χ2v) is 13.3. The first-order chi connectivity index (χ1) is 27.1. The summed E-state index contributed by atoms with van der Waals surface area (Å²) in [4.78, 5) is 48.1. The Hall–Kier alpha value is -7.18. The van der Waals surface area contributed by atoms with Crippen LogP contribution in [-0.4, -0.2) is 62.6 Å². The van der Waals surface area contributed by atoms with Gasteiger partial charge in [0.05, 0.1) is 29.9 Å². The zero-order valence-electron chi connectivity index (χ0n) is 31.3. The molecule has 4 heterocycles. The molecule has 2 aliphatic rings. The van der Waals surface area contributed by atoms with Crippen molar-refractivity contribution in [2.24, 2.45) is 5.11 Å². The molecule has 0 bridgehead atoms. The molecule has 14 heteroatoms. The number of amides is 2. The lowest BCUT2D eigenvalue weighted by molar-refractivity contribution is -0.435. The monoisotopic (exact) mass is 750 g/mol. The highest BCUT2D eigenvalue weighted by Gasteiger charge is 2.34. The number of rotatable bonds is 8. The molecule has 282 valence electrons. The molecule has 0 radical (unpaired) electrons. The second kappa shape index (κ2) is 15.7. The lowest BCUT2D eigenvalue weighted by atomic mass is 10.0. The summed E-state index contributed by atoms with van der Waals surface area (Å²) in [5.41, 5.74) is 9.71. The number of hydrogen-bond donors (Lipinski definition) is 0. The molecule has 2 aliphatic heterocycles. The van der Waals surface area contributed by atoms with E-state index >= 15 is 0 Å². The normalized spacial score (nSPS) is 13.8. The van der Waals surface area contributed by atoms with Crippen molar-refractivity contribution in [2.45, 2.75) is 40.0 Å². The zero-order valence-corrected chi connectivity index (χ0v) is 31.3. The fourth-order valence-corrected chi connectivity index (χ4v) is 7.14. The fraction of sp³-hybridized carbons (Fsp3) is 0.214. The number of hydrogen-bond acceptors (Lipinski definition) is 9. The Bertz CT molecular complexity index is 2480. The quantitative estimate of drug-likeness (QED) is 0.0915. The van der Waals surface area contributed by atoms with Crippen LogP contribution in [0.5, 0.6) is 5.75 Å². The van der Waals surface area contributed by atoms with Crippen LogP contribution in [0.15, 0.2) is 102 Å². The van der Waals surface area contributed by atoms with Crippen molar-refractivity contribution in [1.29, 1.82) is 0 Å². The lowest BCUT2D eigenvalue weighted by Gasteiger charge is -2.28. The van der Waals surface area contributed by atoms with E-state index in [0.717, 1.165) is 51.6 Å². The maximum atomic E-state index is 14.0. The highest BCUT2D eigenvalue weighted by Crippen LogP contribution is 2.32. The maximum Gasteiger partial charge on any atom is 0.373 e. The van der Waals surface area contributed by atoms with Gasteiger partial charge in [-0.2, -0.15) is 19.8 Å². The minimum atomic E-state index is -0.136. The van der Waals surface area contributed by atoms with Crippen molar-refractivity contribution in [3.63, 3.8) is 0 Å². The summed E-state index contributed by atoms with van der Waals surface area (Å²) in [5.74, 6) is 0.453. The predicted molar refractivity (Wildman–Crippen MR) is 207 cm³/mol. The summed E-state index contributed by atoms with van der Waals surface area (Å²) >= 11 is 0. The fourth-order valence-electron chi connectivity index (χ4n) is 7.14. The molecule has 0 atom stereocenters. The summed E-state index contributed by atoms with van der Waals surface area (Å²) in [6, 6.07) is 29.3. The molecule has 56 heavy (non-hydrogen) atoms. The first-order valence-electron chi connectivity index (χ1n) is 18.1. The Morgan fingerprint density at radius 1 is 0.714 bits per heavy atom. The van der Waals surface area contributed by atoms with Crippen molar-refractivity contribution in [3.05, 3.63) is 142 Å². The highest BCUT2D eigenvalue weighted by atomic mass is 16.5. The number of carbonyl (C=O) groups is 2. The number of aromatic nitrogens is 4. The van der Waals surface area contributed by atoms with Gasteiger partial charge < -0.3 is 19.7 Å². The van der Waals surface area contributed by atoms with E-state index in [-0.39, 0.29) is 18.0 Å². The molecule has 0 spiro atoms. The van der Waals surface area contributed by atoms with Gasteiger partial charge in [0, 0.05) is 52.8 Å². The van der Waals surface area contributed by atoms with Crippen molar-refractivity contribution in [3.8, 4) is 17.1 Å². The number of methoxy groups -OCH3 is 1. The molecule has 0 unspecified atom stereocenters. The molecule has 14 nitrogen and oxygen atoms in total. The van der Waals surface area contributed by atoms with E-state index in [1.165, 1.54) is 0 Å². The third kappa shape index (κ3) is 6.96. The largest absolute Gasteiger partial charge is 0.594 e. The number of nitrogens with zero attached hydrogens (tertiary/aromatic N) is 8. The lowest BCUT2D eigenvalue weighted by Crippen LogP contribution is -2.38. The average Bonchev–Trinajstić information content (AvgIpc) is 3.77. The van der Waals surface area contributed by atoms with E-state index in [0.29, 0.717) is 64.9 Å². The summed E-state index contributed by atoms with van der Waals surface area (Å²) in [5, 5.41) is 26.9. The van der Waals surface area contributed by atoms with Gasteiger partial charge in [0.2, 0.25) is 5.69 Å². The van der Waals surface area contributed by atoms with Crippen LogP contribution in [0.4, 0.5) is 22.7 Å². The molecular weight excluding hydrogens is 713 g/mol. The summed E-state index contributed by atoms with van der Waals surface area (Å²) < 4.78 is 8.77. The molecule has 8 rings (SSSR count). The highest BCUT2D eigenvalue weighted by molar-refractivity contribution is 6.08. The number of anilines is 2. The number of azo groups is 1. The van der Waals surface area contributed by atoms with Gasteiger partial charge in [-0.15, -0.1) is 0 Å². The van der Waals surface area contributed by atoms with E-state index < -0.39 is 0 Å². The van der Waals surface area contributed by atoms with Crippen LogP contribution in [0.1, 0.15) is 56.0 Å². The van der Waals surface area contributed by atoms with Gasteiger partial charge in [0.15, 0.2) is 0 Å². The Kier molecular flexibility index (Phi) is 10.4. The predicted octanol–water partition coefficient (Wildman–Crippen LogP) is 6.99. The minimum Gasteiger partial charge on any atom is -0.594 e. The standard InChI is InChI=1S/C41H38N8O4.CO2/c1-5-37-36-23-25-46(41(51)39(36)48(44-37)32-18-20-34(53-4)21-19-32)29-12-8-28(9-13-29)43-49(52)33-16-14-30(15-17-33)45-24-22-35-27(3)42-47(38(35)40(45)50)31-10-6-26(2)7-11-31;2-1-3/h6-21H,5,22-25H2,1-4H3;. The first kappa shape index (κ1) is 37.1. The van der Waals surface area contributed by atoms with E-state index in [9.17, 15) is 14.8 Å². The molecule has 0 fully saturated rings. The Labute approximate surface area is 322 Å². The van der Waals surface area contributed by atoms with E-state index in [2.05, 4.69) is 5.11 Å². The summed E-state index contributed by atoms with van der Waals surface area (Å²) in [6.45, 7) is 7.02. The van der Waals surface area contributed by atoms with E-state index in [1.807, 2.05) is 69.3 Å². The Morgan fingerprint density at radius 3 is 1.75 bits per heavy atom. The minimum absolute atomic E-state index is 0.136. The van der Waals surface area contributed by atoms with E-state index in [1.54, 1.807) is 74.8 Å². The van der Waals surface area contributed by atoms with Gasteiger partial charge in [0.25, 0.3) is 11.8 Å². The second-order valence-electron chi connectivity index (χ2n) is 13.3. The maximum absolute atomic E-state index is 14.0. The van der Waals surface area contributed by atoms with E-state index in [4.69, 9.17) is 24.5 Å². The number of carbonyl (C=O) groups excluding carboxylic acids is 4. The SMILES string of the molecule is CCc1nn(-c2ccc(OC)cc2)c2c1CCN(c1ccc(N=[N+]([O-])c3ccc(N4CCc5c(C)nn(-c6ccc(C)cc6)c5C4=O)cc3)cc1)C2=O.O=C=O. The van der Waals surface area contributed by atoms with Gasteiger partial charge in [0.1, 0.15) is 22.8 Å². The number of benzene rings is 4. The molecule has 0 saturated carbocycles. The van der Waals surface area contributed by atoms with Crippen molar-refractivity contribution < 1.29 is 28.8 Å².